The van der Waals surface area contributed by atoms with Crippen LogP contribution in [0.15, 0.2) is 89.9 Å². The van der Waals surface area contributed by atoms with Crippen molar-refractivity contribution in [1.29, 1.82) is 0 Å². The molecule has 10 heteroatoms. The highest BCUT2D eigenvalue weighted by molar-refractivity contribution is 6.05. The molecule has 2 heterocycles. The summed E-state index contributed by atoms with van der Waals surface area (Å²) >= 11 is 0. The smallest absolute Gasteiger partial charge is 0.284 e. The molecule has 0 saturated heterocycles. The third kappa shape index (κ3) is 5.93. The number of aromatic nitrogens is 4. The minimum Gasteiger partial charge on any atom is -0.492 e. The number of nitrogens with one attached hydrogen (secondary N) is 1. The number of nitrogens with two attached hydrogens (primary N) is 1. The minimum absolute atomic E-state index is 0.0844. The highest BCUT2D eigenvalue weighted by atomic mass is 16.5. The van der Waals surface area contributed by atoms with Crippen LogP contribution in [0.3, 0.4) is 0 Å². The van der Waals surface area contributed by atoms with E-state index in [1.54, 1.807) is 49.1 Å². The number of carbonyl (C=O) groups excluding carboxylic acids is 1. The lowest BCUT2D eigenvalue weighted by molar-refractivity contribution is 0.102. The van der Waals surface area contributed by atoms with Gasteiger partial charge in [0, 0.05) is 30.4 Å². The maximum absolute atomic E-state index is 13.2. The summed E-state index contributed by atoms with van der Waals surface area (Å²) in [7, 11) is 5.75. The van der Waals surface area contributed by atoms with Crippen molar-refractivity contribution in [2.45, 2.75) is 6.92 Å². The van der Waals surface area contributed by atoms with Crippen LogP contribution in [-0.4, -0.2) is 57.4 Å². The number of ether oxygens (including phenoxy) is 1. The van der Waals surface area contributed by atoms with Crippen molar-refractivity contribution >= 4 is 17.4 Å². The molecule has 0 aliphatic carbocycles. The molecular weight excluding hydrogens is 530 g/mol. The standard InChI is InChI=1S/C32H33N7O3/c1-21-28(32(41)39(38(21)4)25-10-6-5-7-11-25)31(40)35-24-15-13-22(14-16-24)29-30(33)34-20-27(36-29)23-9-8-12-26(19-23)42-18-17-37(2)3/h5-16,19-20H,17-18H2,1-4H3,(H2,33,34)(H,35,40). The molecule has 1 amide bonds. The molecule has 42 heavy (non-hydrogen) atoms. The highest BCUT2D eigenvalue weighted by Crippen LogP contribution is 2.28. The maximum atomic E-state index is 13.2. The molecule has 0 spiro atoms. The number of rotatable bonds is 9. The number of benzene rings is 3. The number of carbonyl (C=O) groups is 1. The van der Waals surface area contributed by atoms with E-state index < -0.39 is 5.91 Å². The van der Waals surface area contributed by atoms with Gasteiger partial charge in [0.1, 0.15) is 29.4 Å². The molecule has 214 valence electrons. The molecule has 0 radical (unpaired) electrons. The topological polar surface area (TPSA) is 120 Å². The Balaban J connectivity index is 1.35. The number of nitrogens with zero attached hydrogens (tertiary/aromatic N) is 5. The third-order valence-corrected chi connectivity index (χ3v) is 6.94. The SMILES string of the molecule is Cc1c(C(=O)Nc2ccc(-c3nc(-c4cccc(OCCN(C)C)c4)cnc3N)cc2)c(=O)n(-c2ccccc2)n1C. The molecule has 0 unspecified atom stereocenters. The second-order valence-electron chi connectivity index (χ2n) is 10.1. The van der Waals surface area contributed by atoms with Gasteiger partial charge >= 0.3 is 0 Å². The molecule has 0 atom stereocenters. The summed E-state index contributed by atoms with van der Waals surface area (Å²) in [4.78, 5) is 37.6. The van der Waals surface area contributed by atoms with Gasteiger partial charge in [-0.2, -0.15) is 0 Å². The van der Waals surface area contributed by atoms with E-state index in [2.05, 4.69) is 15.2 Å². The Bertz CT molecular complexity index is 1770. The molecule has 0 bridgehead atoms. The fourth-order valence-corrected chi connectivity index (χ4v) is 4.58. The number of hydrogen-bond acceptors (Lipinski definition) is 7. The third-order valence-electron chi connectivity index (χ3n) is 6.94. The Morgan fingerprint density at radius 1 is 1.00 bits per heavy atom. The first-order valence-corrected chi connectivity index (χ1v) is 13.5. The van der Waals surface area contributed by atoms with Crippen LogP contribution in [0.5, 0.6) is 5.75 Å². The van der Waals surface area contributed by atoms with E-state index >= 15 is 0 Å². The normalized spacial score (nSPS) is 11.1. The van der Waals surface area contributed by atoms with Gasteiger partial charge in [-0.15, -0.1) is 0 Å². The lowest BCUT2D eigenvalue weighted by Crippen LogP contribution is -2.25. The summed E-state index contributed by atoms with van der Waals surface area (Å²) < 4.78 is 9.02. The van der Waals surface area contributed by atoms with Gasteiger partial charge in [0.05, 0.1) is 23.3 Å². The van der Waals surface area contributed by atoms with Gasteiger partial charge in [0.2, 0.25) is 0 Å². The molecule has 3 N–H and O–H groups in total. The van der Waals surface area contributed by atoms with Crippen LogP contribution in [0.4, 0.5) is 11.5 Å². The van der Waals surface area contributed by atoms with Gasteiger partial charge < -0.3 is 20.7 Å². The van der Waals surface area contributed by atoms with Crippen LogP contribution in [0.25, 0.3) is 28.2 Å². The van der Waals surface area contributed by atoms with E-state index in [4.69, 9.17) is 15.5 Å². The molecule has 2 aromatic heterocycles. The molecule has 3 aromatic carbocycles. The van der Waals surface area contributed by atoms with Gasteiger partial charge in [-0.25, -0.2) is 14.6 Å². The van der Waals surface area contributed by atoms with E-state index in [-0.39, 0.29) is 16.9 Å². The number of nitrogen functional groups attached to an aromatic ring is 1. The van der Waals surface area contributed by atoms with E-state index in [0.29, 0.717) is 35.1 Å². The van der Waals surface area contributed by atoms with Gasteiger partial charge in [-0.1, -0.05) is 42.5 Å². The number of hydrogen-bond donors (Lipinski definition) is 2. The van der Waals surface area contributed by atoms with Crippen molar-refractivity contribution in [3.8, 4) is 34.0 Å². The molecule has 5 aromatic rings. The summed E-state index contributed by atoms with van der Waals surface area (Å²) in [6.07, 6.45) is 1.64. The number of amides is 1. The van der Waals surface area contributed by atoms with Crippen molar-refractivity contribution < 1.29 is 9.53 Å². The van der Waals surface area contributed by atoms with Crippen molar-refractivity contribution in [3.05, 3.63) is 107 Å². The van der Waals surface area contributed by atoms with Crippen LogP contribution in [0, 0.1) is 6.92 Å². The summed E-state index contributed by atoms with van der Waals surface area (Å²) in [5, 5.41) is 2.84. The van der Waals surface area contributed by atoms with Crippen LogP contribution < -0.4 is 21.3 Å². The monoisotopic (exact) mass is 563 g/mol. The second kappa shape index (κ2) is 12.1. The van der Waals surface area contributed by atoms with Crippen LogP contribution >= 0.6 is 0 Å². The summed E-state index contributed by atoms with van der Waals surface area (Å²) in [5.74, 6) is 0.554. The number of anilines is 2. The van der Waals surface area contributed by atoms with Crippen molar-refractivity contribution in [2.24, 2.45) is 7.05 Å². The number of para-hydroxylation sites is 1. The van der Waals surface area contributed by atoms with Crippen LogP contribution in [0.1, 0.15) is 16.1 Å². The quantitative estimate of drug-likeness (QED) is 0.273. The molecule has 5 rings (SSSR count). The average Bonchev–Trinajstić information content (AvgIpc) is 3.21. The predicted octanol–water partition coefficient (Wildman–Crippen LogP) is 4.38. The minimum atomic E-state index is -0.482. The van der Waals surface area contributed by atoms with Gasteiger partial charge in [-0.05, 0) is 57.4 Å². The van der Waals surface area contributed by atoms with E-state index in [1.165, 1.54) is 4.68 Å². The van der Waals surface area contributed by atoms with Crippen LogP contribution in [0.2, 0.25) is 0 Å². The molecular formula is C32H33N7O3. The fraction of sp³-hybridized carbons (Fsp3) is 0.188. The maximum Gasteiger partial charge on any atom is 0.284 e. The van der Waals surface area contributed by atoms with Crippen LogP contribution in [-0.2, 0) is 7.05 Å². The first-order chi connectivity index (χ1) is 20.2. The number of likely N-dealkylation sites (N-methyl/N-ethyl adjacent to an activating group) is 1. The highest BCUT2D eigenvalue weighted by Gasteiger charge is 2.22. The van der Waals surface area contributed by atoms with Gasteiger partial charge in [0.15, 0.2) is 0 Å². The predicted molar refractivity (Wildman–Crippen MR) is 165 cm³/mol. The second-order valence-corrected chi connectivity index (χ2v) is 10.1. The molecule has 0 aliphatic heterocycles. The van der Waals surface area contributed by atoms with E-state index in [9.17, 15) is 9.59 Å². The first-order valence-electron chi connectivity index (χ1n) is 13.5. The van der Waals surface area contributed by atoms with Crippen molar-refractivity contribution in [3.63, 3.8) is 0 Å². The molecule has 0 aliphatic rings. The summed E-state index contributed by atoms with van der Waals surface area (Å²) in [5.41, 5.74) is 10.4. The van der Waals surface area contributed by atoms with E-state index in [0.717, 1.165) is 23.4 Å². The molecule has 0 saturated carbocycles. The zero-order chi connectivity index (χ0) is 29.8. The first kappa shape index (κ1) is 28.3. The lowest BCUT2D eigenvalue weighted by atomic mass is 10.1. The van der Waals surface area contributed by atoms with Gasteiger partial charge in [0.25, 0.3) is 11.5 Å². The lowest BCUT2D eigenvalue weighted by Gasteiger charge is -2.12. The Hall–Kier alpha value is -5.22. The van der Waals surface area contributed by atoms with Crippen molar-refractivity contribution in [2.75, 3.05) is 38.3 Å². The van der Waals surface area contributed by atoms with Crippen molar-refractivity contribution in [1.82, 2.24) is 24.2 Å². The zero-order valence-corrected chi connectivity index (χ0v) is 24.0. The zero-order valence-electron chi connectivity index (χ0n) is 24.0. The fourth-order valence-electron chi connectivity index (χ4n) is 4.58. The summed E-state index contributed by atoms with van der Waals surface area (Å²) in [6.45, 7) is 3.13. The Labute approximate surface area is 244 Å². The Kier molecular flexibility index (Phi) is 8.16. The molecule has 0 fully saturated rings. The average molecular weight is 564 g/mol. The largest absolute Gasteiger partial charge is 0.492 e. The van der Waals surface area contributed by atoms with Gasteiger partial charge in [-0.3, -0.25) is 14.3 Å². The molecule has 10 nitrogen and oxygen atoms in total. The Morgan fingerprint density at radius 3 is 2.45 bits per heavy atom. The van der Waals surface area contributed by atoms with E-state index in [1.807, 2.05) is 68.7 Å². The Morgan fingerprint density at radius 2 is 1.74 bits per heavy atom. The summed E-state index contributed by atoms with van der Waals surface area (Å²) in [6, 6.07) is 24.0.